The van der Waals surface area contributed by atoms with Gasteiger partial charge in [0.15, 0.2) is 0 Å². The molecule has 2 nitrogen and oxygen atoms in total. The molecule has 1 saturated heterocycles. The van der Waals surface area contributed by atoms with Crippen molar-refractivity contribution < 1.29 is 9.90 Å². The van der Waals surface area contributed by atoms with E-state index in [0.29, 0.717) is 6.42 Å². The van der Waals surface area contributed by atoms with Crippen molar-refractivity contribution in [2.24, 2.45) is 5.92 Å². The zero-order chi connectivity index (χ0) is 6.69. The average Bonchev–Trinajstić information content (AvgIpc) is 1.89. The van der Waals surface area contributed by atoms with Gasteiger partial charge in [0.1, 0.15) is 5.78 Å². The predicted octanol–water partition coefficient (Wildman–Crippen LogP) is 0.301. The smallest absolute Gasteiger partial charge is 0.139 e. The van der Waals surface area contributed by atoms with E-state index in [0.717, 1.165) is 11.5 Å². The molecule has 9 heavy (non-hydrogen) atoms. The van der Waals surface area contributed by atoms with Crippen LogP contribution in [-0.2, 0) is 4.79 Å². The fourth-order valence-electron chi connectivity index (χ4n) is 0.850. The predicted molar refractivity (Wildman–Crippen MR) is 37.5 cm³/mol. The van der Waals surface area contributed by atoms with Crippen molar-refractivity contribution in [3.63, 3.8) is 0 Å². The number of hydrogen-bond donors (Lipinski definition) is 1. The van der Waals surface area contributed by atoms with E-state index in [1.807, 2.05) is 0 Å². The summed E-state index contributed by atoms with van der Waals surface area (Å²) in [6, 6.07) is 0. The highest BCUT2D eigenvalue weighted by Crippen LogP contribution is 2.18. The standard InChI is InChI=1S/C6H10O2S/c7-3-5-4-9-2-1-6(5)8/h5,7H,1-4H2. The highest BCUT2D eigenvalue weighted by atomic mass is 32.2. The van der Waals surface area contributed by atoms with Gasteiger partial charge in [0.05, 0.1) is 6.61 Å². The van der Waals surface area contributed by atoms with E-state index in [1.54, 1.807) is 11.8 Å². The molecule has 0 aromatic heterocycles. The minimum absolute atomic E-state index is 0.0336. The summed E-state index contributed by atoms with van der Waals surface area (Å²) < 4.78 is 0. The van der Waals surface area contributed by atoms with Crippen LogP contribution in [0.5, 0.6) is 0 Å². The molecule has 0 amide bonds. The quantitative estimate of drug-likeness (QED) is 0.578. The van der Waals surface area contributed by atoms with Crippen LogP contribution in [0.3, 0.4) is 0 Å². The van der Waals surface area contributed by atoms with Crippen LogP contribution in [0.4, 0.5) is 0 Å². The number of aliphatic hydroxyl groups excluding tert-OH is 1. The minimum Gasteiger partial charge on any atom is -0.396 e. The van der Waals surface area contributed by atoms with Crippen LogP contribution in [0.1, 0.15) is 6.42 Å². The average molecular weight is 146 g/mol. The first kappa shape index (κ1) is 7.09. The third-order valence-electron chi connectivity index (χ3n) is 1.49. The molecule has 1 aliphatic rings. The van der Waals surface area contributed by atoms with Gasteiger partial charge in [-0.2, -0.15) is 11.8 Å². The van der Waals surface area contributed by atoms with Gasteiger partial charge < -0.3 is 5.11 Å². The number of Topliss-reactive ketones (excluding diaryl/α,β-unsaturated/α-hetero) is 1. The fourth-order valence-corrected chi connectivity index (χ4v) is 1.94. The Morgan fingerprint density at radius 2 is 2.56 bits per heavy atom. The second-order valence-corrected chi connectivity index (χ2v) is 3.32. The van der Waals surface area contributed by atoms with Crippen LogP contribution in [-0.4, -0.2) is 29.0 Å². The molecular weight excluding hydrogens is 136 g/mol. The molecule has 52 valence electrons. The molecule has 0 bridgehead atoms. The molecule has 0 aromatic rings. The molecule has 1 N–H and O–H groups in total. The summed E-state index contributed by atoms with van der Waals surface area (Å²) in [6.07, 6.45) is 0.649. The molecule has 0 aromatic carbocycles. The Morgan fingerprint density at radius 1 is 1.78 bits per heavy atom. The third kappa shape index (κ3) is 1.69. The topological polar surface area (TPSA) is 37.3 Å². The maximum atomic E-state index is 10.9. The van der Waals surface area contributed by atoms with Gasteiger partial charge in [0.25, 0.3) is 0 Å². The first-order valence-electron chi connectivity index (χ1n) is 3.06. The van der Waals surface area contributed by atoms with Crippen LogP contribution in [0.2, 0.25) is 0 Å². The summed E-state index contributed by atoms with van der Waals surface area (Å²) in [7, 11) is 0. The van der Waals surface area contributed by atoms with Gasteiger partial charge in [-0.15, -0.1) is 0 Å². The number of carbonyl (C=O) groups is 1. The Morgan fingerprint density at radius 3 is 3.00 bits per heavy atom. The Hall–Kier alpha value is -0.0200. The largest absolute Gasteiger partial charge is 0.396 e. The first-order valence-corrected chi connectivity index (χ1v) is 4.21. The van der Waals surface area contributed by atoms with Gasteiger partial charge >= 0.3 is 0 Å². The van der Waals surface area contributed by atoms with Crippen LogP contribution in [0, 0.1) is 5.92 Å². The molecule has 0 saturated carbocycles. The number of carbonyl (C=O) groups excluding carboxylic acids is 1. The van der Waals surface area contributed by atoms with E-state index in [2.05, 4.69) is 0 Å². The van der Waals surface area contributed by atoms with Gasteiger partial charge in [-0.25, -0.2) is 0 Å². The number of thioether (sulfide) groups is 1. The number of ketones is 1. The summed E-state index contributed by atoms with van der Waals surface area (Å²) in [5.41, 5.74) is 0. The van der Waals surface area contributed by atoms with E-state index in [1.165, 1.54) is 0 Å². The normalized spacial score (nSPS) is 28.6. The number of aliphatic hydroxyl groups is 1. The van der Waals surface area contributed by atoms with E-state index in [9.17, 15) is 4.79 Å². The summed E-state index contributed by atoms with van der Waals surface area (Å²) in [4.78, 5) is 10.9. The minimum atomic E-state index is -0.0660. The number of hydrogen-bond acceptors (Lipinski definition) is 3. The van der Waals surface area contributed by atoms with Crippen molar-refractivity contribution >= 4 is 17.5 Å². The Bertz CT molecular complexity index is 114. The second kappa shape index (κ2) is 3.22. The SMILES string of the molecule is O=C1CCSCC1CO. The van der Waals surface area contributed by atoms with Crippen LogP contribution >= 0.6 is 11.8 Å². The molecular formula is C6H10O2S. The first-order chi connectivity index (χ1) is 4.34. The Kier molecular flexibility index (Phi) is 2.54. The maximum Gasteiger partial charge on any atom is 0.139 e. The molecule has 1 rings (SSSR count). The Balaban J connectivity index is 2.39. The van der Waals surface area contributed by atoms with Crippen LogP contribution in [0.25, 0.3) is 0 Å². The molecule has 0 spiro atoms. The lowest BCUT2D eigenvalue weighted by Gasteiger charge is -2.16. The lowest BCUT2D eigenvalue weighted by molar-refractivity contribution is -0.123. The maximum absolute atomic E-state index is 10.9. The molecule has 1 heterocycles. The van der Waals surface area contributed by atoms with Crippen LogP contribution in [0.15, 0.2) is 0 Å². The van der Waals surface area contributed by atoms with Gasteiger partial charge in [-0.05, 0) is 0 Å². The van der Waals surface area contributed by atoms with Gasteiger partial charge in [-0.3, -0.25) is 4.79 Å². The molecule has 1 aliphatic heterocycles. The van der Waals surface area contributed by atoms with Crippen molar-refractivity contribution in [3.05, 3.63) is 0 Å². The van der Waals surface area contributed by atoms with E-state index >= 15 is 0 Å². The molecule has 1 unspecified atom stereocenters. The highest BCUT2D eigenvalue weighted by molar-refractivity contribution is 7.99. The van der Waals surface area contributed by atoms with Gasteiger partial charge in [0, 0.05) is 23.8 Å². The molecule has 1 atom stereocenters. The molecule has 0 radical (unpaired) electrons. The zero-order valence-electron chi connectivity index (χ0n) is 5.17. The lowest BCUT2D eigenvalue weighted by Crippen LogP contribution is -2.25. The van der Waals surface area contributed by atoms with Crippen molar-refractivity contribution in [1.82, 2.24) is 0 Å². The second-order valence-electron chi connectivity index (χ2n) is 2.17. The van der Waals surface area contributed by atoms with Crippen molar-refractivity contribution in [1.29, 1.82) is 0 Å². The molecule has 3 heteroatoms. The zero-order valence-corrected chi connectivity index (χ0v) is 5.99. The van der Waals surface area contributed by atoms with Crippen molar-refractivity contribution in [2.75, 3.05) is 18.1 Å². The monoisotopic (exact) mass is 146 g/mol. The lowest BCUT2D eigenvalue weighted by atomic mass is 10.1. The van der Waals surface area contributed by atoms with Crippen molar-refractivity contribution in [2.45, 2.75) is 6.42 Å². The summed E-state index contributed by atoms with van der Waals surface area (Å²) >= 11 is 1.75. The number of rotatable bonds is 1. The molecule has 0 aliphatic carbocycles. The van der Waals surface area contributed by atoms with Crippen LogP contribution < -0.4 is 0 Å². The summed E-state index contributed by atoms with van der Waals surface area (Å²) in [5.74, 6) is 1.92. The summed E-state index contributed by atoms with van der Waals surface area (Å²) in [6.45, 7) is 0.0336. The highest BCUT2D eigenvalue weighted by Gasteiger charge is 2.20. The molecule has 1 fully saturated rings. The third-order valence-corrected chi connectivity index (χ3v) is 2.62. The fraction of sp³-hybridized carbons (Fsp3) is 0.833. The van der Waals surface area contributed by atoms with E-state index in [-0.39, 0.29) is 18.3 Å². The van der Waals surface area contributed by atoms with Crippen molar-refractivity contribution in [3.8, 4) is 0 Å². The summed E-state index contributed by atoms with van der Waals surface area (Å²) in [5, 5.41) is 8.63. The Labute approximate surface area is 58.6 Å². The van der Waals surface area contributed by atoms with E-state index in [4.69, 9.17) is 5.11 Å². The van der Waals surface area contributed by atoms with E-state index < -0.39 is 0 Å². The van der Waals surface area contributed by atoms with Gasteiger partial charge in [-0.1, -0.05) is 0 Å². The van der Waals surface area contributed by atoms with Gasteiger partial charge in [0.2, 0.25) is 0 Å².